The Morgan fingerprint density at radius 1 is 1.00 bits per heavy atom. The summed E-state index contributed by atoms with van der Waals surface area (Å²) in [5.41, 5.74) is 2.12. The van der Waals surface area contributed by atoms with Crippen LogP contribution in [-0.4, -0.2) is 18.1 Å². The van der Waals surface area contributed by atoms with Crippen LogP contribution in [0, 0.1) is 0 Å². The molecule has 0 saturated heterocycles. The Morgan fingerprint density at radius 3 is 2.62 bits per heavy atom. The number of pyridine rings is 1. The predicted molar refractivity (Wildman–Crippen MR) is 103 cm³/mol. The van der Waals surface area contributed by atoms with E-state index < -0.39 is 5.97 Å². The van der Waals surface area contributed by atoms with Gasteiger partial charge in [-0.1, -0.05) is 35.9 Å². The van der Waals surface area contributed by atoms with Crippen LogP contribution < -0.4 is 9.47 Å². The van der Waals surface area contributed by atoms with Gasteiger partial charge in [0.25, 0.3) is 0 Å². The normalized spacial score (nSPS) is 10.7. The summed E-state index contributed by atoms with van der Waals surface area (Å²) in [4.78, 5) is 16.5. The van der Waals surface area contributed by atoms with Crippen LogP contribution in [-0.2, 0) is 0 Å². The SMILES string of the molecule is COc1cc(/C=C/c2ccccn2)ccc1OC(=O)c1cccc(Cl)c1. The standard InChI is InChI=1S/C21H16ClNO3/c1-25-20-13-15(8-10-18-7-2-3-12-23-18)9-11-19(20)26-21(24)16-5-4-6-17(22)14-16/h2-14H,1H3/b10-8+. The van der Waals surface area contributed by atoms with Crippen LogP contribution in [0.1, 0.15) is 21.6 Å². The number of hydrogen-bond acceptors (Lipinski definition) is 4. The molecule has 4 nitrogen and oxygen atoms in total. The number of esters is 1. The molecule has 130 valence electrons. The van der Waals surface area contributed by atoms with Gasteiger partial charge < -0.3 is 9.47 Å². The number of hydrogen-bond donors (Lipinski definition) is 0. The lowest BCUT2D eigenvalue weighted by Crippen LogP contribution is -2.09. The largest absolute Gasteiger partial charge is 0.493 e. The maximum Gasteiger partial charge on any atom is 0.343 e. The van der Waals surface area contributed by atoms with Crippen LogP contribution in [0.4, 0.5) is 0 Å². The summed E-state index contributed by atoms with van der Waals surface area (Å²) in [5.74, 6) is 0.304. The van der Waals surface area contributed by atoms with Crippen LogP contribution >= 0.6 is 11.6 Å². The molecule has 0 saturated carbocycles. The molecule has 3 rings (SSSR count). The molecule has 0 aliphatic rings. The second-order valence-electron chi connectivity index (χ2n) is 5.40. The van der Waals surface area contributed by atoms with Crippen molar-refractivity contribution < 1.29 is 14.3 Å². The molecule has 0 unspecified atom stereocenters. The van der Waals surface area contributed by atoms with Crippen molar-refractivity contribution in [2.45, 2.75) is 0 Å². The van der Waals surface area contributed by atoms with E-state index in [-0.39, 0.29) is 0 Å². The van der Waals surface area contributed by atoms with Gasteiger partial charge >= 0.3 is 5.97 Å². The van der Waals surface area contributed by atoms with E-state index in [2.05, 4.69) is 4.98 Å². The van der Waals surface area contributed by atoms with E-state index in [1.165, 1.54) is 7.11 Å². The number of halogens is 1. The zero-order chi connectivity index (χ0) is 18.4. The number of carbonyl (C=O) groups is 1. The summed E-state index contributed by atoms with van der Waals surface area (Å²) < 4.78 is 10.8. The maximum atomic E-state index is 12.3. The monoisotopic (exact) mass is 365 g/mol. The van der Waals surface area contributed by atoms with Gasteiger partial charge in [-0.05, 0) is 54.1 Å². The third-order valence-electron chi connectivity index (χ3n) is 3.58. The Kier molecular flexibility index (Phi) is 5.66. The van der Waals surface area contributed by atoms with Gasteiger partial charge in [-0.2, -0.15) is 0 Å². The first kappa shape index (κ1) is 17.7. The Labute approximate surface area is 156 Å². The first-order chi connectivity index (χ1) is 12.7. The number of ether oxygens (including phenoxy) is 2. The van der Waals surface area contributed by atoms with Gasteiger partial charge in [0, 0.05) is 11.2 Å². The highest BCUT2D eigenvalue weighted by molar-refractivity contribution is 6.30. The number of benzene rings is 2. The molecule has 3 aromatic rings. The van der Waals surface area contributed by atoms with E-state index in [0.717, 1.165) is 11.3 Å². The van der Waals surface area contributed by atoms with Crippen molar-refractivity contribution in [3.8, 4) is 11.5 Å². The molecule has 0 aliphatic heterocycles. The second-order valence-corrected chi connectivity index (χ2v) is 5.83. The van der Waals surface area contributed by atoms with Crippen molar-refractivity contribution in [3.63, 3.8) is 0 Å². The maximum absolute atomic E-state index is 12.3. The van der Waals surface area contributed by atoms with Gasteiger partial charge in [-0.15, -0.1) is 0 Å². The Balaban J connectivity index is 1.78. The van der Waals surface area contributed by atoms with E-state index in [1.54, 1.807) is 42.6 Å². The van der Waals surface area contributed by atoms with Gasteiger partial charge in [-0.25, -0.2) is 4.79 Å². The number of aromatic nitrogens is 1. The van der Waals surface area contributed by atoms with E-state index in [0.29, 0.717) is 22.1 Å². The van der Waals surface area contributed by atoms with Gasteiger partial charge in [0.1, 0.15) is 0 Å². The molecule has 1 aromatic heterocycles. The predicted octanol–water partition coefficient (Wildman–Crippen LogP) is 5.13. The molecular weight excluding hydrogens is 350 g/mol. The van der Waals surface area contributed by atoms with Crippen LogP contribution in [0.2, 0.25) is 5.02 Å². The highest BCUT2D eigenvalue weighted by Gasteiger charge is 2.13. The molecule has 0 N–H and O–H groups in total. The Bertz CT molecular complexity index is 939. The molecule has 0 aliphatic carbocycles. The third kappa shape index (κ3) is 4.49. The quantitative estimate of drug-likeness (QED) is 0.464. The first-order valence-electron chi connectivity index (χ1n) is 7.90. The van der Waals surface area contributed by atoms with Crippen LogP contribution in [0.5, 0.6) is 11.5 Å². The molecule has 0 amide bonds. The summed E-state index contributed by atoms with van der Waals surface area (Å²) in [6.07, 6.45) is 5.54. The van der Waals surface area contributed by atoms with E-state index in [9.17, 15) is 4.79 Å². The topological polar surface area (TPSA) is 48.4 Å². The Hall–Kier alpha value is -3.11. The van der Waals surface area contributed by atoms with Crippen molar-refractivity contribution in [1.29, 1.82) is 0 Å². The van der Waals surface area contributed by atoms with Crippen LogP contribution in [0.25, 0.3) is 12.2 Å². The molecule has 0 radical (unpaired) electrons. The van der Waals surface area contributed by atoms with Crippen molar-refractivity contribution >= 4 is 29.7 Å². The number of rotatable bonds is 5. The first-order valence-corrected chi connectivity index (χ1v) is 8.28. The fourth-order valence-corrected chi connectivity index (χ4v) is 2.49. The van der Waals surface area contributed by atoms with E-state index >= 15 is 0 Å². The van der Waals surface area contributed by atoms with Crippen molar-refractivity contribution in [2.24, 2.45) is 0 Å². The lowest BCUT2D eigenvalue weighted by atomic mass is 10.1. The van der Waals surface area contributed by atoms with Crippen molar-refractivity contribution in [2.75, 3.05) is 7.11 Å². The van der Waals surface area contributed by atoms with Gasteiger partial charge in [0.15, 0.2) is 11.5 Å². The van der Waals surface area contributed by atoms with Gasteiger partial charge in [0.2, 0.25) is 0 Å². The molecule has 0 fully saturated rings. The molecule has 0 spiro atoms. The van der Waals surface area contributed by atoms with Crippen LogP contribution in [0.15, 0.2) is 66.9 Å². The summed E-state index contributed by atoms with van der Waals surface area (Å²) in [6.45, 7) is 0. The summed E-state index contributed by atoms with van der Waals surface area (Å²) in [6, 6.07) is 17.6. The summed E-state index contributed by atoms with van der Waals surface area (Å²) >= 11 is 5.91. The summed E-state index contributed by atoms with van der Waals surface area (Å²) in [7, 11) is 1.53. The zero-order valence-electron chi connectivity index (χ0n) is 14.1. The Morgan fingerprint density at radius 2 is 1.88 bits per heavy atom. The van der Waals surface area contributed by atoms with Crippen molar-refractivity contribution in [3.05, 3.63) is 88.7 Å². The fraction of sp³-hybridized carbons (Fsp3) is 0.0476. The van der Waals surface area contributed by atoms with Crippen LogP contribution in [0.3, 0.4) is 0 Å². The molecule has 5 heteroatoms. The molecule has 0 bridgehead atoms. The summed E-state index contributed by atoms with van der Waals surface area (Å²) in [5, 5.41) is 0.474. The number of methoxy groups -OCH3 is 1. The minimum absolute atomic E-state index is 0.340. The average Bonchev–Trinajstić information content (AvgIpc) is 2.68. The van der Waals surface area contributed by atoms with E-state index in [4.69, 9.17) is 21.1 Å². The molecule has 2 aromatic carbocycles. The van der Waals surface area contributed by atoms with Gasteiger partial charge in [-0.3, -0.25) is 4.98 Å². The highest BCUT2D eigenvalue weighted by atomic mass is 35.5. The number of nitrogens with zero attached hydrogens (tertiary/aromatic N) is 1. The second kappa shape index (κ2) is 8.32. The fourth-order valence-electron chi connectivity index (χ4n) is 2.30. The highest BCUT2D eigenvalue weighted by Crippen LogP contribution is 2.29. The van der Waals surface area contributed by atoms with E-state index in [1.807, 2.05) is 36.4 Å². The minimum atomic E-state index is -0.498. The van der Waals surface area contributed by atoms with Gasteiger partial charge in [0.05, 0.1) is 18.4 Å². The zero-order valence-corrected chi connectivity index (χ0v) is 14.8. The molecule has 1 heterocycles. The van der Waals surface area contributed by atoms with Crippen molar-refractivity contribution in [1.82, 2.24) is 4.98 Å². The average molecular weight is 366 g/mol. The lowest BCUT2D eigenvalue weighted by molar-refractivity contribution is 0.0729. The smallest absolute Gasteiger partial charge is 0.343 e. The lowest BCUT2D eigenvalue weighted by Gasteiger charge is -2.10. The minimum Gasteiger partial charge on any atom is -0.493 e. The molecular formula is C21H16ClNO3. The molecule has 26 heavy (non-hydrogen) atoms. The number of carbonyl (C=O) groups excluding carboxylic acids is 1. The third-order valence-corrected chi connectivity index (χ3v) is 3.82. The molecule has 0 atom stereocenters.